The number of nitrogens with one attached hydrogen (secondary N) is 1. The molecular weight excluding hydrogens is 352 g/mol. The molecule has 1 aliphatic heterocycles. The molecule has 0 aromatic heterocycles. The molecular formula is C19H24N2O4S. The zero-order valence-corrected chi connectivity index (χ0v) is 15.5. The number of nitrogens with zero attached hydrogens (tertiary/aromatic N) is 1. The summed E-state index contributed by atoms with van der Waals surface area (Å²) in [6, 6.07) is 17.7. The summed E-state index contributed by atoms with van der Waals surface area (Å²) in [5.41, 5.74) is 3.00. The summed E-state index contributed by atoms with van der Waals surface area (Å²) in [6.07, 6.45) is 0. The summed E-state index contributed by atoms with van der Waals surface area (Å²) in [4.78, 5) is 0. The van der Waals surface area contributed by atoms with Crippen LogP contribution in [0.3, 0.4) is 0 Å². The smallest absolute Gasteiger partial charge is 0.279 e. The number of hydrogen-bond acceptors (Lipinski definition) is 4. The maximum Gasteiger partial charge on any atom is 0.279 e. The number of ether oxygens (including phenoxy) is 2. The van der Waals surface area contributed by atoms with Crippen LogP contribution in [-0.2, 0) is 39.4 Å². The fraction of sp³-hybridized carbons (Fsp3) is 0.368. The fourth-order valence-corrected chi connectivity index (χ4v) is 3.92. The predicted octanol–water partition coefficient (Wildman–Crippen LogP) is 2.07. The largest absolute Gasteiger partial charge is 0.379 e. The summed E-state index contributed by atoms with van der Waals surface area (Å²) >= 11 is 0. The van der Waals surface area contributed by atoms with Crippen molar-refractivity contribution in [1.82, 2.24) is 9.03 Å². The molecule has 0 aliphatic carbocycles. The van der Waals surface area contributed by atoms with E-state index < -0.39 is 10.2 Å². The van der Waals surface area contributed by atoms with Crippen LogP contribution in [0.2, 0.25) is 0 Å². The first-order valence-electron chi connectivity index (χ1n) is 8.66. The first kappa shape index (κ1) is 19.0. The van der Waals surface area contributed by atoms with Gasteiger partial charge in [0.2, 0.25) is 0 Å². The molecule has 140 valence electrons. The molecule has 2 aromatic carbocycles. The molecule has 1 heterocycles. The topological polar surface area (TPSA) is 67.9 Å². The number of benzene rings is 2. The number of rotatable bonds is 8. The number of hydrogen-bond donors (Lipinski definition) is 1. The molecule has 3 rings (SSSR count). The van der Waals surface area contributed by atoms with Gasteiger partial charge in [0.05, 0.1) is 26.4 Å². The van der Waals surface area contributed by atoms with Gasteiger partial charge >= 0.3 is 0 Å². The van der Waals surface area contributed by atoms with Crippen molar-refractivity contribution < 1.29 is 17.9 Å². The van der Waals surface area contributed by atoms with Crippen molar-refractivity contribution >= 4 is 10.2 Å². The summed E-state index contributed by atoms with van der Waals surface area (Å²) in [6.45, 7) is 2.84. The van der Waals surface area contributed by atoms with E-state index in [9.17, 15) is 8.42 Å². The van der Waals surface area contributed by atoms with E-state index in [1.807, 2.05) is 54.6 Å². The third-order valence-electron chi connectivity index (χ3n) is 4.24. The van der Waals surface area contributed by atoms with E-state index in [1.165, 1.54) is 4.31 Å². The summed E-state index contributed by atoms with van der Waals surface area (Å²) in [7, 11) is -3.50. The van der Waals surface area contributed by atoms with Gasteiger partial charge in [-0.15, -0.1) is 0 Å². The van der Waals surface area contributed by atoms with Crippen LogP contribution in [0.1, 0.15) is 16.7 Å². The van der Waals surface area contributed by atoms with E-state index in [0.717, 1.165) is 16.7 Å². The lowest BCUT2D eigenvalue weighted by atomic mass is 10.1. The average molecular weight is 376 g/mol. The van der Waals surface area contributed by atoms with Crippen LogP contribution in [0.15, 0.2) is 54.6 Å². The first-order chi connectivity index (χ1) is 12.6. The van der Waals surface area contributed by atoms with E-state index in [0.29, 0.717) is 39.5 Å². The minimum atomic E-state index is -3.50. The zero-order valence-electron chi connectivity index (χ0n) is 14.6. The van der Waals surface area contributed by atoms with E-state index in [4.69, 9.17) is 9.47 Å². The van der Waals surface area contributed by atoms with Crippen LogP contribution in [-0.4, -0.2) is 39.0 Å². The predicted molar refractivity (Wildman–Crippen MR) is 99.5 cm³/mol. The standard InChI is InChI=1S/C19H24N2O4S/c22-26(23,21-10-12-24-13-11-21)20-14-18-8-4-5-9-19(18)16-25-15-17-6-2-1-3-7-17/h1-9,20H,10-16H2. The zero-order chi connectivity index (χ0) is 18.2. The van der Waals surface area contributed by atoms with Gasteiger partial charge in [-0.2, -0.15) is 17.4 Å². The quantitative estimate of drug-likeness (QED) is 0.766. The van der Waals surface area contributed by atoms with Crippen LogP contribution in [0, 0.1) is 0 Å². The summed E-state index contributed by atoms with van der Waals surface area (Å²) in [5.74, 6) is 0. The third kappa shape index (κ3) is 5.36. The Balaban J connectivity index is 1.56. The van der Waals surface area contributed by atoms with Crippen molar-refractivity contribution in [3.05, 3.63) is 71.3 Å². The maximum absolute atomic E-state index is 12.4. The van der Waals surface area contributed by atoms with Crippen LogP contribution < -0.4 is 4.72 Å². The van der Waals surface area contributed by atoms with Gasteiger partial charge in [-0.1, -0.05) is 54.6 Å². The normalized spacial score (nSPS) is 15.8. The lowest BCUT2D eigenvalue weighted by Gasteiger charge is -2.26. The Labute approximate surface area is 154 Å². The molecule has 0 unspecified atom stereocenters. The molecule has 0 radical (unpaired) electrons. The lowest BCUT2D eigenvalue weighted by Crippen LogP contribution is -2.46. The molecule has 1 aliphatic rings. The van der Waals surface area contributed by atoms with Crippen molar-refractivity contribution in [2.24, 2.45) is 0 Å². The van der Waals surface area contributed by atoms with E-state index in [1.54, 1.807) is 0 Å². The monoisotopic (exact) mass is 376 g/mol. The van der Waals surface area contributed by atoms with Crippen molar-refractivity contribution in [2.75, 3.05) is 26.3 Å². The molecule has 0 amide bonds. The fourth-order valence-electron chi connectivity index (χ4n) is 2.77. The molecule has 1 fully saturated rings. The minimum absolute atomic E-state index is 0.241. The highest BCUT2D eigenvalue weighted by atomic mass is 32.2. The second-order valence-corrected chi connectivity index (χ2v) is 7.84. The molecule has 6 nitrogen and oxygen atoms in total. The molecule has 1 saturated heterocycles. The van der Waals surface area contributed by atoms with E-state index in [2.05, 4.69) is 4.72 Å². The Bertz CT molecular complexity index is 790. The Morgan fingerprint density at radius 1 is 0.923 bits per heavy atom. The van der Waals surface area contributed by atoms with Crippen molar-refractivity contribution in [1.29, 1.82) is 0 Å². The maximum atomic E-state index is 12.4. The van der Waals surface area contributed by atoms with E-state index in [-0.39, 0.29) is 6.54 Å². The average Bonchev–Trinajstić information content (AvgIpc) is 2.69. The van der Waals surface area contributed by atoms with Crippen molar-refractivity contribution in [3.63, 3.8) is 0 Å². The molecule has 0 atom stereocenters. The summed E-state index contributed by atoms with van der Waals surface area (Å²) in [5, 5.41) is 0. The molecule has 0 saturated carbocycles. The van der Waals surface area contributed by atoms with Gasteiger partial charge in [-0.3, -0.25) is 0 Å². The summed E-state index contributed by atoms with van der Waals surface area (Å²) < 4.78 is 39.9. The third-order valence-corrected chi connectivity index (χ3v) is 5.80. The molecule has 0 spiro atoms. The minimum Gasteiger partial charge on any atom is -0.379 e. The van der Waals surface area contributed by atoms with Gasteiger partial charge < -0.3 is 9.47 Å². The molecule has 1 N–H and O–H groups in total. The Hall–Kier alpha value is -1.77. The first-order valence-corrected chi connectivity index (χ1v) is 10.1. The molecule has 26 heavy (non-hydrogen) atoms. The van der Waals surface area contributed by atoms with Gasteiger partial charge in [0.15, 0.2) is 0 Å². The van der Waals surface area contributed by atoms with Gasteiger partial charge in [-0.05, 0) is 16.7 Å². The second kappa shape index (κ2) is 9.25. The lowest BCUT2D eigenvalue weighted by molar-refractivity contribution is 0.0724. The van der Waals surface area contributed by atoms with Gasteiger partial charge in [0, 0.05) is 19.6 Å². The Morgan fingerprint density at radius 2 is 1.58 bits per heavy atom. The highest BCUT2D eigenvalue weighted by Crippen LogP contribution is 2.13. The Morgan fingerprint density at radius 3 is 2.31 bits per heavy atom. The van der Waals surface area contributed by atoms with Crippen LogP contribution >= 0.6 is 0 Å². The van der Waals surface area contributed by atoms with Crippen LogP contribution in [0.25, 0.3) is 0 Å². The Kier molecular flexibility index (Phi) is 6.76. The highest BCUT2D eigenvalue weighted by Gasteiger charge is 2.23. The van der Waals surface area contributed by atoms with E-state index >= 15 is 0 Å². The van der Waals surface area contributed by atoms with Gasteiger partial charge in [-0.25, -0.2) is 0 Å². The van der Waals surface area contributed by atoms with Gasteiger partial charge in [0.1, 0.15) is 0 Å². The van der Waals surface area contributed by atoms with Crippen molar-refractivity contribution in [2.45, 2.75) is 19.8 Å². The number of morpholine rings is 1. The van der Waals surface area contributed by atoms with Gasteiger partial charge in [0.25, 0.3) is 10.2 Å². The second-order valence-electron chi connectivity index (χ2n) is 6.08. The van der Waals surface area contributed by atoms with Crippen molar-refractivity contribution in [3.8, 4) is 0 Å². The molecule has 7 heteroatoms. The highest BCUT2D eigenvalue weighted by molar-refractivity contribution is 7.87. The molecule has 2 aromatic rings. The SMILES string of the molecule is O=S(=O)(NCc1ccccc1COCc1ccccc1)N1CCOCC1. The molecule has 0 bridgehead atoms. The van der Waals surface area contributed by atoms with Crippen LogP contribution in [0.5, 0.6) is 0 Å². The van der Waals surface area contributed by atoms with Crippen LogP contribution in [0.4, 0.5) is 0 Å².